The average Bonchev–Trinajstić information content (AvgIpc) is 3.11. The van der Waals surface area contributed by atoms with Crippen LogP contribution in [0.2, 0.25) is 5.02 Å². The molecule has 3 nitrogen and oxygen atoms in total. The summed E-state index contributed by atoms with van der Waals surface area (Å²) in [7, 11) is 0. The minimum atomic E-state index is -0.0950. The molecule has 2 aromatic carbocycles. The fourth-order valence-electron chi connectivity index (χ4n) is 3.10. The highest BCUT2D eigenvalue weighted by atomic mass is 35.5. The predicted octanol–water partition coefficient (Wildman–Crippen LogP) is 5.19. The van der Waals surface area contributed by atoms with Crippen LogP contribution >= 0.6 is 11.6 Å². The Morgan fingerprint density at radius 1 is 1.00 bits per heavy atom. The third-order valence-electron chi connectivity index (χ3n) is 4.30. The van der Waals surface area contributed by atoms with E-state index in [0.717, 1.165) is 24.1 Å². The van der Waals surface area contributed by atoms with Crippen molar-refractivity contribution in [2.45, 2.75) is 12.8 Å². The highest BCUT2D eigenvalue weighted by Crippen LogP contribution is 2.30. The molecule has 0 saturated heterocycles. The van der Waals surface area contributed by atoms with Crippen molar-refractivity contribution in [3.05, 3.63) is 77.0 Å². The number of aryl methyl sites for hydroxylation is 1. The van der Waals surface area contributed by atoms with Gasteiger partial charge in [0.1, 0.15) is 5.76 Å². The lowest BCUT2D eigenvalue weighted by molar-refractivity contribution is 0.0959. The normalized spacial score (nSPS) is 13.6. The number of hydrogen-bond acceptors (Lipinski definition) is 2. The molecule has 1 aromatic heterocycles. The van der Waals surface area contributed by atoms with Gasteiger partial charge in [-0.2, -0.15) is 0 Å². The van der Waals surface area contributed by atoms with Crippen LogP contribution in [0.15, 0.2) is 65.1 Å². The van der Waals surface area contributed by atoms with E-state index in [-0.39, 0.29) is 5.91 Å². The van der Waals surface area contributed by atoms with Crippen LogP contribution in [0.1, 0.15) is 22.5 Å². The summed E-state index contributed by atoms with van der Waals surface area (Å²) in [5.41, 5.74) is 3.09. The molecule has 4 heteroatoms. The smallest absolute Gasteiger partial charge is 0.293 e. The average molecular weight is 338 g/mol. The van der Waals surface area contributed by atoms with E-state index in [0.29, 0.717) is 23.1 Å². The van der Waals surface area contributed by atoms with Gasteiger partial charge in [0.15, 0.2) is 5.76 Å². The number of amides is 1. The maximum atomic E-state index is 12.9. The molecule has 0 radical (unpaired) electrons. The second kappa shape index (κ2) is 6.17. The molecule has 3 aromatic rings. The molecular formula is C20H16ClNO2. The Hall–Kier alpha value is -2.52. The lowest BCUT2D eigenvalue weighted by atomic mass is 10.0. The number of fused-ring (bicyclic) bond motifs is 1. The van der Waals surface area contributed by atoms with Crippen LogP contribution in [0.25, 0.3) is 11.3 Å². The van der Waals surface area contributed by atoms with Crippen molar-refractivity contribution in [3.8, 4) is 11.3 Å². The number of para-hydroxylation sites is 1. The first kappa shape index (κ1) is 15.0. The van der Waals surface area contributed by atoms with Crippen molar-refractivity contribution in [3.63, 3.8) is 0 Å². The summed E-state index contributed by atoms with van der Waals surface area (Å²) in [6.45, 7) is 0.715. The zero-order valence-electron chi connectivity index (χ0n) is 13.0. The van der Waals surface area contributed by atoms with E-state index in [4.69, 9.17) is 16.0 Å². The molecule has 0 bridgehead atoms. The van der Waals surface area contributed by atoms with Gasteiger partial charge in [-0.3, -0.25) is 4.79 Å². The van der Waals surface area contributed by atoms with E-state index >= 15 is 0 Å². The van der Waals surface area contributed by atoms with Gasteiger partial charge in [-0.15, -0.1) is 0 Å². The first-order chi connectivity index (χ1) is 11.7. The van der Waals surface area contributed by atoms with Gasteiger partial charge < -0.3 is 9.32 Å². The van der Waals surface area contributed by atoms with Crippen molar-refractivity contribution in [1.82, 2.24) is 0 Å². The molecule has 1 amide bonds. The number of carbonyl (C=O) groups is 1. The summed E-state index contributed by atoms with van der Waals surface area (Å²) in [5, 5.41) is 0.673. The standard InChI is InChI=1S/C20H16ClNO2/c21-16-9-7-15(8-10-16)18-11-12-19(24-18)20(23)22-13-3-5-14-4-1-2-6-17(14)22/h1-2,4,6-12H,3,5,13H2. The number of nitrogens with zero attached hydrogens (tertiary/aromatic N) is 1. The van der Waals surface area contributed by atoms with Crippen molar-refractivity contribution in [2.75, 3.05) is 11.4 Å². The number of hydrogen-bond donors (Lipinski definition) is 0. The maximum Gasteiger partial charge on any atom is 0.293 e. The lowest BCUT2D eigenvalue weighted by Crippen LogP contribution is -2.35. The molecule has 0 spiro atoms. The number of anilines is 1. The maximum absolute atomic E-state index is 12.9. The number of furan rings is 1. The molecular weight excluding hydrogens is 322 g/mol. The lowest BCUT2D eigenvalue weighted by Gasteiger charge is -2.28. The predicted molar refractivity (Wildman–Crippen MR) is 95.6 cm³/mol. The Kier molecular flexibility index (Phi) is 3.87. The molecule has 1 aliphatic heterocycles. The monoisotopic (exact) mass is 337 g/mol. The van der Waals surface area contributed by atoms with Gasteiger partial charge in [0.05, 0.1) is 0 Å². The largest absolute Gasteiger partial charge is 0.451 e. The number of halogens is 1. The van der Waals surface area contributed by atoms with Crippen molar-refractivity contribution >= 4 is 23.2 Å². The quantitative estimate of drug-likeness (QED) is 0.644. The minimum Gasteiger partial charge on any atom is -0.451 e. The van der Waals surface area contributed by atoms with Gasteiger partial charge in [-0.1, -0.05) is 29.8 Å². The van der Waals surface area contributed by atoms with E-state index in [9.17, 15) is 4.79 Å². The van der Waals surface area contributed by atoms with Gasteiger partial charge in [-0.25, -0.2) is 0 Å². The summed E-state index contributed by atoms with van der Waals surface area (Å²) in [6.07, 6.45) is 1.97. The summed E-state index contributed by atoms with van der Waals surface area (Å²) in [6, 6.07) is 19.0. The second-order valence-corrected chi connectivity index (χ2v) is 6.30. The summed E-state index contributed by atoms with van der Waals surface area (Å²) in [4.78, 5) is 14.7. The summed E-state index contributed by atoms with van der Waals surface area (Å²) in [5.74, 6) is 0.930. The Balaban J connectivity index is 1.63. The molecule has 4 rings (SSSR count). The SMILES string of the molecule is O=C(c1ccc(-c2ccc(Cl)cc2)o1)N1CCCc2ccccc21. The number of rotatable bonds is 2. The third kappa shape index (κ3) is 2.72. The van der Waals surface area contributed by atoms with E-state index in [2.05, 4.69) is 6.07 Å². The zero-order valence-corrected chi connectivity index (χ0v) is 13.8. The molecule has 0 aliphatic carbocycles. The second-order valence-electron chi connectivity index (χ2n) is 5.86. The van der Waals surface area contributed by atoms with Crippen molar-refractivity contribution in [2.24, 2.45) is 0 Å². The van der Waals surface area contributed by atoms with E-state index in [1.54, 1.807) is 6.07 Å². The third-order valence-corrected chi connectivity index (χ3v) is 4.55. The van der Waals surface area contributed by atoms with Crippen LogP contribution in [0, 0.1) is 0 Å². The van der Waals surface area contributed by atoms with Crippen LogP contribution in [-0.4, -0.2) is 12.5 Å². The molecule has 0 atom stereocenters. The summed E-state index contributed by atoms with van der Waals surface area (Å²) < 4.78 is 5.81. The van der Waals surface area contributed by atoms with Crippen LogP contribution < -0.4 is 4.90 Å². The number of carbonyl (C=O) groups excluding carboxylic acids is 1. The minimum absolute atomic E-state index is 0.0950. The van der Waals surface area contributed by atoms with Gasteiger partial charge >= 0.3 is 0 Å². The van der Waals surface area contributed by atoms with Gasteiger partial charge in [0.25, 0.3) is 5.91 Å². The van der Waals surface area contributed by atoms with Crippen molar-refractivity contribution < 1.29 is 9.21 Å². The first-order valence-electron chi connectivity index (χ1n) is 7.98. The zero-order chi connectivity index (χ0) is 16.5. The highest BCUT2D eigenvalue weighted by Gasteiger charge is 2.25. The van der Waals surface area contributed by atoms with E-state index < -0.39 is 0 Å². The molecule has 2 heterocycles. The van der Waals surface area contributed by atoms with Gasteiger partial charge in [0, 0.05) is 22.8 Å². The topological polar surface area (TPSA) is 33.5 Å². The Morgan fingerprint density at radius 3 is 2.62 bits per heavy atom. The Bertz CT molecular complexity index is 883. The Labute approximate surface area is 145 Å². The molecule has 24 heavy (non-hydrogen) atoms. The van der Waals surface area contributed by atoms with Crippen LogP contribution in [0.5, 0.6) is 0 Å². The first-order valence-corrected chi connectivity index (χ1v) is 8.36. The van der Waals surface area contributed by atoms with E-state index in [1.807, 2.05) is 53.4 Å². The van der Waals surface area contributed by atoms with E-state index in [1.165, 1.54) is 5.56 Å². The molecule has 0 unspecified atom stereocenters. The number of benzene rings is 2. The molecule has 0 fully saturated rings. The molecule has 0 saturated carbocycles. The molecule has 120 valence electrons. The highest BCUT2D eigenvalue weighted by molar-refractivity contribution is 6.30. The fourth-order valence-corrected chi connectivity index (χ4v) is 3.23. The van der Waals surface area contributed by atoms with Crippen LogP contribution in [0.3, 0.4) is 0 Å². The fraction of sp³-hybridized carbons (Fsp3) is 0.150. The van der Waals surface area contributed by atoms with Crippen molar-refractivity contribution in [1.29, 1.82) is 0 Å². The van der Waals surface area contributed by atoms with Gasteiger partial charge in [0.2, 0.25) is 0 Å². The summed E-state index contributed by atoms with van der Waals surface area (Å²) >= 11 is 5.91. The van der Waals surface area contributed by atoms with Crippen LogP contribution in [0.4, 0.5) is 5.69 Å². The molecule has 0 N–H and O–H groups in total. The van der Waals surface area contributed by atoms with Gasteiger partial charge in [-0.05, 0) is 60.9 Å². The molecule has 1 aliphatic rings. The Morgan fingerprint density at radius 2 is 1.79 bits per heavy atom. The van der Waals surface area contributed by atoms with Crippen LogP contribution in [-0.2, 0) is 6.42 Å².